The Bertz CT molecular complexity index is 928. The fraction of sp³-hybridized carbons (Fsp3) is 0.200. The highest BCUT2D eigenvalue weighted by atomic mass is 32.1. The molecule has 6 heteroatoms. The van der Waals surface area contributed by atoms with Gasteiger partial charge >= 0.3 is 5.97 Å². The maximum Gasteiger partial charge on any atom is 0.303 e. The summed E-state index contributed by atoms with van der Waals surface area (Å²) in [7, 11) is 1.50. The number of carbonyl (C=O) groups is 1. The summed E-state index contributed by atoms with van der Waals surface area (Å²) < 4.78 is 6.16. The Morgan fingerprint density at radius 2 is 2.04 bits per heavy atom. The van der Waals surface area contributed by atoms with Crippen LogP contribution < -0.4 is 4.74 Å². The molecule has 0 bridgehead atoms. The number of hydrogen-bond donors (Lipinski definition) is 2. The number of fused-ring (bicyclic) bond motifs is 1. The second kappa shape index (κ2) is 8.01. The number of aromatic nitrogens is 1. The van der Waals surface area contributed by atoms with Crippen molar-refractivity contribution in [2.24, 2.45) is 0 Å². The van der Waals surface area contributed by atoms with Crippen molar-refractivity contribution in [3.05, 3.63) is 53.0 Å². The van der Waals surface area contributed by atoms with Crippen molar-refractivity contribution >= 4 is 39.2 Å². The third-order valence-electron chi connectivity index (χ3n) is 3.95. The number of ether oxygens (including phenoxy) is 1. The molecule has 0 unspecified atom stereocenters. The predicted octanol–water partition coefficient (Wildman–Crippen LogP) is 4.81. The number of aromatic hydroxyl groups is 1. The molecule has 0 saturated heterocycles. The van der Waals surface area contributed by atoms with Crippen LogP contribution in [0.5, 0.6) is 11.5 Å². The molecule has 0 atom stereocenters. The van der Waals surface area contributed by atoms with Crippen molar-refractivity contribution in [3.8, 4) is 11.5 Å². The quantitative estimate of drug-likeness (QED) is 0.625. The van der Waals surface area contributed by atoms with Gasteiger partial charge in [0.2, 0.25) is 0 Å². The van der Waals surface area contributed by atoms with Gasteiger partial charge in [-0.1, -0.05) is 18.2 Å². The van der Waals surface area contributed by atoms with Gasteiger partial charge < -0.3 is 14.9 Å². The van der Waals surface area contributed by atoms with E-state index in [4.69, 9.17) is 9.84 Å². The number of benzene rings is 2. The maximum absolute atomic E-state index is 10.9. The maximum atomic E-state index is 10.9. The fourth-order valence-corrected chi connectivity index (χ4v) is 3.69. The molecular formula is C20H19NO4S. The highest BCUT2D eigenvalue weighted by Gasteiger charge is 2.11. The molecular weight excluding hydrogens is 350 g/mol. The lowest BCUT2D eigenvalue weighted by Gasteiger charge is -2.06. The lowest BCUT2D eigenvalue weighted by atomic mass is 10.0. The Morgan fingerprint density at radius 1 is 1.23 bits per heavy atom. The van der Waals surface area contributed by atoms with Crippen molar-refractivity contribution in [2.75, 3.05) is 7.11 Å². The van der Waals surface area contributed by atoms with E-state index in [1.807, 2.05) is 36.4 Å². The molecule has 0 aliphatic carbocycles. The summed E-state index contributed by atoms with van der Waals surface area (Å²) in [5.74, 6) is -0.333. The second-order valence-electron chi connectivity index (χ2n) is 5.83. The zero-order valence-corrected chi connectivity index (χ0v) is 15.1. The molecule has 26 heavy (non-hydrogen) atoms. The third-order valence-corrected chi connectivity index (χ3v) is 5.06. The SMILES string of the molecule is COc1ccc(/C=C(/CCCC(=O)O)c2nc3ccccc3s2)cc1O. The Morgan fingerprint density at radius 3 is 2.73 bits per heavy atom. The largest absolute Gasteiger partial charge is 0.504 e. The molecule has 3 rings (SSSR count). The number of methoxy groups -OCH3 is 1. The van der Waals surface area contributed by atoms with Gasteiger partial charge in [0, 0.05) is 6.42 Å². The van der Waals surface area contributed by atoms with Crippen molar-refractivity contribution in [1.29, 1.82) is 0 Å². The standard InChI is InChI=1S/C20H19NO4S/c1-25-17-10-9-13(12-16(17)22)11-14(5-4-8-19(23)24)20-21-15-6-2-3-7-18(15)26-20/h2-3,6-7,9-12,22H,4-5,8H2,1H3,(H,23,24)/b14-11-. The normalized spacial score (nSPS) is 11.7. The predicted molar refractivity (Wildman–Crippen MR) is 104 cm³/mol. The first-order valence-electron chi connectivity index (χ1n) is 8.22. The molecule has 2 N–H and O–H groups in total. The van der Waals surface area contributed by atoms with Gasteiger partial charge in [0.1, 0.15) is 5.01 Å². The van der Waals surface area contributed by atoms with Crippen LogP contribution in [0.1, 0.15) is 29.8 Å². The van der Waals surface area contributed by atoms with Crippen LogP contribution in [0.15, 0.2) is 42.5 Å². The van der Waals surface area contributed by atoms with E-state index >= 15 is 0 Å². The molecule has 5 nitrogen and oxygen atoms in total. The molecule has 0 spiro atoms. The van der Waals surface area contributed by atoms with E-state index in [9.17, 15) is 9.90 Å². The number of carboxylic acids is 1. The molecule has 0 aliphatic heterocycles. The average Bonchev–Trinajstić information content (AvgIpc) is 3.05. The molecule has 0 aliphatic rings. The summed E-state index contributed by atoms with van der Waals surface area (Å²) in [5.41, 5.74) is 2.69. The molecule has 0 amide bonds. The van der Waals surface area contributed by atoms with Crippen LogP contribution >= 0.6 is 11.3 Å². The Balaban J connectivity index is 1.96. The molecule has 3 aromatic rings. The number of thiazole rings is 1. The Kier molecular flexibility index (Phi) is 5.53. The van der Waals surface area contributed by atoms with E-state index in [1.165, 1.54) is 7.11 Å². The number of aliphatic carboxylic acids is 1. The lowest BCUT2D eigenvalue weighted by molar-refractivity contribution is -0.137. The van der Waals surface area contributed by atoms with Crippen molar-refractivity contribution in [1.82, 2.24) is 4.98 Å². The molecule has 2 aromatic carbocycles. The summed E-state index contributed by atoms with van der Waals surface area (Å²) in [6, 6.07) is 13.1. The van der Waals surface area contributed by atoms with E-state index in [-0.39, 0.29) is 12.2 Å². The number of rotatable bonds is 7. The Hall–Kier alpha value is -2.86. The van der Waals surface area contributed by atoms with Gasteiger partial charge in [0.15, 0.2) is 11.5 Å². The minimum absolute atomic E-state index is 0.0652. The van der Waals surface area contributed by atoms with Crippen molar-refractivity contribution in [3.63, 3.8) is 0 Å². The van der Waals surface area contributed by atoms with Gasteiger partial charge in [-0.2, -0.15) is 0 Å². The van der Waals surface area contributed by atoms with Crippen LogP contribution in [0.2, 0.25) is 0 Å². The van der Waals surface area contributed by atoms with Crippen LogP contribution in [-0.4, -0.2) is 28.3 Å². The first-order chi connectivity index (χ1) is 12.6. The summed E-state index contributed by atoms with van der Waals surface area (Å²) in [6.07, 6.45) is 3.17. The number of allylic oxidation sites excluding steroid dienone is 1. The van der Waals surface area contributed by atoms with Crippen LogP contribution in [0.4, 0.5) is 0 Å². The van der Waals surface area contributed by atoms with E-state index < -0.39 is 5.97 Å². The van der Waals surface area contributed by atoms with Crippen LogP contribution in [0.25, 0.3) is 21.9 Å². The monoisotopic (exact) mass is 369 g/mol. The van der Waals surface area contributed by atoms with Crippen LogP contribution in [0.3, 0.4) is 0 Å². The summed E-state index contributed by atoms with van der Waals surface area (Å²) in [4.78, 5) is 15.5. The fourth-order valence-electron chi connectivity index (χ4n) is 2.68. The zero-order valence-electron chi connectivity index (χ0n) is 14.3. The number of para-hydroxylation sites is 1. The number of phenols is 1. The summed E-state index contributed by atoms with van der Waals surface area (Å²) in [5, 5.41) is 19.8. The van der Waals surface area contributed by atoms with Crippen molar-refractivity contribution in [2.45, 2.75) is 19.3 Å². The van der Waals surface area contributed by atoms with Gasteiger partial charge in [0.25, 0.3) is 0 Å². The number of hydrogen-bond acceptors (Lipinski definition) is 5. The minimum Gasteiger partial charge on any atom is -0.504 e. The number of phenolic OH excluding ortho intramolecular Hbond substituents is 1. The molecule has 1 aromatic heterocycles. The summed E-state index contributed by atoms with van der Waals surface area (Å²) >= 11 is 1.58. The van der Waals surface area contributed by atoms with E-state index in [2.05, 4.69) is 4.98 Å². The van der Waals surface area contributed by atoms with E-state index in [0.29, 0.717) is 18.6 Å². The smallest absolute Gasteiger partial charge is 0.303 e. The van der Waals surface area contributed by atoms with Gasteiger partial charge in [-0.15, -0.1) is 11.3 Å². The average molecular weight is 369 g/mol. The Labute approximate surface area is 155 Å². The third kappa shape index (κ3) is 4.21. The first kappa shape index (κ1) is 17.9. The topological polar surface area (TPSA) is 79.7 Å². The zero-order chi connectivity index (χ0) is 18.5. The van der Waals surface area contributed by atoms with Gasteiger partial charge in [-0.05, 0) is 54.3 Å². The lowest BCUT2D eigenvalue weighted by Crippen LogP contribution is -1.94. The van der Waals surface area contributed by atoms with Crippen molar-refractivity contribution < 1.29 is 19.7 Å². The summed E-state index contributed by atoms with van der Waals surface area (Å²) in [6.45, 7) is 0. The molecule has 1 heterocycles. The van der Waals surface area contributed by atoms with Gasteiger partial charge in [-0.3, -0.25) is 4.79 Å². The van der Waals surface area contributed by atoms with E-state index in [0.717, 1.165) is 26.4 Å². The number of nitrogens with zero attached hydrogens (tertiary/aromatic N) is 1. The highest BCUT2D eigenvalue weighted by molar-refractivity contribution is 7.19. The van der Waals surface area contributed by atoms with Crippen LogP contribution in [-0.2, 0) is 4.79 Å². The van der Waals surface area contributed by atoms with Gasteiger partial charge in [0.05, 0.1) is 17.3 Å². The number of carboxylic acid groups (broad SMARTS) is 1. The molecule has 0 saturated carbocycles. The first-order valence-corrected chi connectivity index (χ1v) is 9.04. The van der Waals surface area contributed by atoms with E-state index in [1.54, 1.807) is 23.5 Å². The highest BCUT2D eigenvalue weighted by Crippen LogP contribution is 2.33. The second-order valence-corrected chi connectivity index (χ2v) is 6.87. The minimum atomic E-state index is -0.809. The van der Waals surface area contributed by atoms with Gasteiger partial charge in [-0.25, -0.2) is 4.98 Å². The molecule has 134 valence electrons. The molecule has 0 radical (unpaired) electrons. The van der Waals surface area contributed by atoms with Crippen LogP contribution in [0, 0.1) is 0 Å². The molecule has 0 fully saturated rings.